The largest absolute Gasteiger partial charge is 0.462 e. The predicted octanol–water partition coefficient (Wildman–Crippen LogP) is 8.41. The number of nitrogens with zero attached hydrogens (tertiary/aromatic N) is 4. The zero-order valence-corrected chi connectivity index (χ0v) is 33.1. The number of hydrogen-bond donors (Lipinski definition) is 2. The van der Waals surface area contributed by atoms with E-state index >= 15 is 0 Å². The summed E-state index contributed by atoms with van der Waals surface area (Å²) in [5, 5.41) is 7.10. The van der Waals surface area contributed by atoms with Gasteiger partial charge in [-0.25, -0.2) is 14.6 Å². The number of nitrogens with one attached hydrogen (secondary N) is 2. The lowest BCUT2D eigenvalue weighted by molar-refractivity contribution is 0.0217. The molecule has 5 aromatic rings. The van der Waals surface area contributed by atoms with Crippen LogP contribution < -0.4 is 10.9 Å². The number of H-pyrrole nitrogens is 1. The minimum absolute atomic E-state index is 0.0488. The molecule has 0 spiro atoms. The number of aromatic nitrogens is 4. The summed E-state index contributed by atoms with van der Waals surface area (Å²) < 4.78 is 24.2. The molecule has 0 radical (unpaired) electrons. The second-order valence-corrected chi connectivity index (χ2v) is 16.8. The minimum Gasteiger partial charge on any atom is -0.462 e. The van der Waals surface area contributed by atoms with Gasteiger partial charge < -0.3 is 24.1 Å². The van der Waals surface area contributed by atoms with E-state index in [4.69, 9.17) is 28.7 Å². The molecule has 294 valence electrons. The van der Waals surface area contributed by atoms with Crippen LogP contribution in [0.3, 0.4) is 0 Å². The van der Waals surface area contributed by atoms with Crippen molar-refractivity contribution in [1.29, 1.82) is 0 Å². The van der Waals surface area contributed by atoms with Crippen molar-refractivity contribution in [2.75, 3.05) is 31.7 Å². The van der Waals surface area contributed by atoms with Crippen LogP contribution in [0.1, 0.15) is 111 Å². The van der Waals surface area contributed by atoms with E-state index in [1.165, 1.54) is 17.4 Å². The first kappa shape index (κ1) is 37.8. The lowest BCUT2D eigenvalue weighted by atomic mass is 9.88. The summed E-state index contributed by atoms with van der Waals surface area (Å²) in [5.74, 6) is 0.850. The minimum atomic E-state index is -0.717. The first-order valence-electron chi connectivity index (χ1n) is 19.7. The third-order valence-electron chi connectivity index (χ3n) is 10.8. The maximum absolute atomic E-state index is 14.5. The molecule has 2 atom stereocenters. The summed E-state index contributed by atoms with van der Waals surface area (Å²) >= 11 is 1.50. The van der Waals surface area contributed by atoms with Crippen molar-refractivity contribution < 1.29 is 28.3 Å². The summed E-state index contributed by atoms with van der Waals surface area (Å²) in [6.45, 7) is 9.27. The van der Waals surface area contributed by atoms with Crippen LogP contribution in [0.4, 0.5) is 10.6 Å². The monoisotopic (exact) mass is 780 g/mol. The van der Waals surface area contributed by atoms with Gasteiger partial charge in [-0.2, -0.15) is 5.16 Å². The number of aromatic amines is 1. The van der Waals surface area contributed by atoms with Gasteiger partial charge in [-0.05, 0) is 114 Å². The summed E-state index contributed by atoms with van der Waals surface area (Å²) in [5.41, 5.74) is 3.60. The smallest absolute Gasteiger partial charge is 0.410 e. The molecule has 1 aliphatic carbocycles. The number of likely N-dealkylation sites (tertiary alicyclic amines) is 1. The molecule has 13 nitrogen and oxygen atoms in total. The van der Waals surface area contributed by atoms with Crippen molar-refractivity contribution in [2.45, 2.75) is 96.7 Å². The van der Waals surface area contributed by atoms with E-state index in [9.17, 15) is 14.4 Å². The quantitative estimate of drug-likeness (QED) is 0.131. The maximum atomic E-state index is 14.5. The highest BCUT2D eigenvalue weighted by Gasteiger charge is 2.40. The third kappa shape index (κ3) is 7.68. The normalized spacial score (nSPS) is 18.7. The molecule has 3 aliphatic rings. The van der Waals surface area contributed by atoms with Crippen molar-refractivity contribution >= 4 is 39.3 Å². The summed E-state index contributed by atoms with van der Waals surface area (Å²) in [6.07, 6.45) is 9.45. The fraction of sp³-hybridized carbons (Fsp3) is 0.476. The Morgan fingerprint density at radius 1 is 1.07 bits per heavy atom. The fourth-order valence-electron chi connectivity index (χ4n) is 8.29. The molecular weight excluding hydrogens is 733 g/mol. The first-order valence-corrected chi connectivity index (χ1v) is 20.5. The second kappa shape index (κ2) is 15.8. The highest BCUT2D eigenvalue weighted by atomic mass is 32.1. The molecule has 7 heterocycles. The molecule has 0 saturated carbocycles. The van der Waals surface area contributed by atoms with Gasteiger partial charge in [0, 0.05) is 48.3 Å². The van der Waals surface area contributed by atoms with Crippen molar-refractivity contribution in [1.82, 2.24) is 25.0 Å². The second-order valence-electron chi connectivity index (χ2n) is 15.8. The summed E-state index contributed by atoms with van der Waals surface area (Å²) in [7, 11) is 0. The van der Waals surface area contributed by atoms with E-state index in [2.05, 4.69) is 27.6 Å². The van der Waals surface area contributed by atoms with Crippen LogP contribution in [0.5, 0.6) is 0 Å². The van der Waals surface area contributed by atoms with E-state index < -0.39 is 29.3 Å². The average molecular weight is 781 g/mol. The van der Waals surface area contributed by atoms with Gasteiger partial charge in [0.25, 0.3) is 5.56 Å². The molecule has 0 bridgehead atoms. The summed E-state index contributed by atoms with van der Waals surface area (Å²) in [6, 6.07) is 8.98. The van der Waals surface area contributed by atoms with Crippen LogP contribution in [0.2, 0.25) is 0 Å². The van der Waals surface area contributed by atoms with Gasteiger partial charge in [-0.1, -0.05) is 6.07 Å². The molecule has 0 unspecified atom stereocenters. The van der Waals surface area contributed by atoms with E-state index in [1.807, 2.05) is 39.1 Å². The highest BCUT2D eigenvalue weighted by molar-refractivity contribution is 7.23. The van der Waals surface area contributed by atoms with E-state index in [0.29, 0.717) is 67.5 Å². The van der Waals surface area contributed by atoms with E-state index in [0.717, 1.165) is 64.1 Å². The molecule has 1 amide bonds. The Kier molecular flexibility index (Phi) is 10.7. The highest BCUT2D eigenvalue weighted by Crippen LogP contribution is 2.48. The number of amides is 1. The van der Waals surface area contributed by atoms with Gasteiger partial charge in [0.05, 0.1) is 52.0 Å². The Morgan fingerprint density at radius 2 is 1.91 bits per heavy atom. The number of hydrogen-bond acceptors (Lipinski definition) is 12. The van der Waals surface area contributed by atoms with E-state index in [-0.39, 0.29) is 24.0 Å². The van der Waals surface area contributed by atoms with Crippen molar-refractivity contribution in [2.24, 2.45) is 5.92 Å². The lowest BCUT2D eigenvalue weighted by Gasteiger charge is -2.30. The first-order chi connectivity index (χ1) is 27.1. The Morgan fingerprint density at radius 3 is 2.68 bits per heavy atom. The molecule has 2 aliphatic heterocycles. The van der Waals surface area contributed by atoms with Gasteiger partial charge in [0.15, 0.2) is 5.76 Å². The average Bonchev–Trinajstić information content (AvgIpc) is 4.00. The Bertz CT molecular complexity index is 2300. The maximum Gasteiger partial charge on any atom is 0.410 e. The number of pyridine rings is 3. The number of anilines is 1. The van der Waals surface area contributed by atoms with Crippen LogP contribution in [0.25, 0.3) is 31.9 Å². The molecule has 5 aromatic heterocycles. The molecule has 8 rings (SSSR count). The number of ether oxygens (including phenoxy) is 3. The zero-order valence-electron chi connectivity index (χ0n) is 32.3. The van der Waals surface area contributed by atoms with E-state index in [1.54, 1.807) is 18.0 Å². The number of esters is 1. The van der Waals surface area contributed by atoms with Crippen LogP contribution >= 0.6 is 11.3 Å². The Balaban J connectivity index is 1.34. The van der Waals surface area contributed by atoms with Crippen LogP contribution in [-0.2, 0) is 27.1 Å². The third-order valence-corrected chi connectivity index (χ3v) is 12.0. The predicted molar refractivity (Wildman–Crippen MR) is 213 cm³/mol. The zero-order chi connectivity index (χ0) is 39.0. The topological polar surface area (TPSA) is 162 Å². The van der Waals surface area contributed by atoms with Gasteiger partial charge in [0.2, 0.25) is 0 Å². The fourth-order valence-corrected chi connectivity index (χ4v) is 9.45. The molecule has 0 aromatic carbocycles. The van der Waals surface area contributed by atoms with Gasteiger partial charge in [0.1, 0.15) is 11.4 Å². The number of carbonyl (C=O) groups is 2. The number of fused-ring (bicyclic) bond motifs is 2. The molecule has 2 saturated heterocycles. The van der Waals surface area contributed by atoms with Crippen LogP contribution in [0, 0.1) is 5.92 Å². The van der Waals surface area contributed by atoms with Gasteiger partial charge in [-0.3, -0.25) is 19.7 Å². The van der Waals surface area contributed by atoms with Crippen molar-refractivity contribution in [3.63, 3.8) is 0 Å². The van der Waals surface area contributed by atoms with Gasteiger partial charge in [-0.15, -0.1) is 11.3 Å². The number of carbonyl (C=O) groups excluding carboxylic acids is 2. The van der Waals surface area contributed by atoms with Gasteiger partial charge >= 0.3 is 12.1 Å². The number of rotatable bonds is 10. The molecule has 2 N–H and O–H groups in total. The molecular formula is C42H48N6O7S. The Labute approximate surface area is 329 Å². The van der Waals surface area contributed by atoms with Crippen LogP contribution in [0.15, 0.2) is 52.0 Å². The lowest BCUT2D eigenvalue weighted by Crippen LogP contribution is -2.37. The van der Waals surface area contributed by atoms with Crippen molar-refractivity contribution in [3.05, 3.63) is 81.3 Å². The summed E-state index contributed by atoms with van der Waals surface area (Å²) in [4.78, 5) is 58.2. The standard InChI is InChI=1S/C42H48N6O7S/c1-5-53-40(50)36-35(32-22-25-14-18-44-39(38(25)56-32)46-28-13-12-27-26(28)8-6-17-43-27)34(31-23-33(49)47-55-31)29(11-10-24-15-20-52-21-16-24)45-37(36)30-9-7-19-48(30)41(51)54-42(2,3)4/h6,8,14,17-18,22-24,28,30H,5,7,9-13,15-16,19-21H2,1-4H3,(H,44,46)(H,47,49)/t28-,30+/m1/s1. The molecule has 14 heteroatoms. The molecule has 56 heavy (non-hydrogen) atoms. The van der Waals surface area contributed by atoms with Crippen LogP contribution in [-0.4, -0.2) is 69.0 Å². The Hall–Kier alpha value is -5.08. The SMILES string of the molecule is CCOC(=O)c1c([C@@H]2CCCN2C(=O)OC(C)(C)C)nc(CCC2CCOCC2)c(-c2cc(=O)[nH]o2)c1-c1cc2ccnc(N[C@@H]3CCc4ncccc43)c2s1. The number of thiophene rings is 1. The van der Waals surface area contributed by atoms with Crippen molar-refractivity contribution in [3.8, 4) is 21.8 Å². The molecule has 2 fully saturated rings. The number of aryl methyl sites for hydroxylation is 2.